The quantitative estimate of drug-likeness (QED) is 0.262. The van der Waals surface area contributed by atoms with E-state index in [1.165, 1.54) is 0 Å². The van der Waals surface area contributed by atoms with Gasteiger partial charge in [0.1, 0.15) is 6.04 Å². The Hall–Kier alpha value is -1.86. The molecule has 2 rings (SSSR count). The van der Waals surface area contributed by atoms with Gasteiger partial charge < -0.3 is 16.0 Å². The lowest BCUT2D eigenvalue weighted by molar-refractivity contribution is -0.132. The molecule has 0 aromatic heterocycles. The zero-order valence-corrected chi connectivity index (χ0v) is 17.1. The topological polar surface area (TPSA) is 152 Å². The van der Waals surface area contributed by atoms with Crippen molar-refractivity contribution in [3.05, 3.63) is 0 Å². The predicted octanol–water partition coefficient (Wildman–Crippen LogP) is 0.775. The molecule has 0 bridgehead atoms. The van der Waals surface area contributed by atoms with E-state index in [-0.39, 0.29) is 17.9 Å². The van der Waals surface area contributed by atoms with Crippen LogP contribution < -0.4 is 15.8 Å². The number of nitriles is 1. The monoisotopic (exact) mass is 412 g/mol. The van der Waals surface area contributed by atoms with E-state index >= 15 is 0 Å². The minimum Gasteiger partial charge on any atom is -0.356 e. The van der Waals surface area contributed by atoms with Crippen LogP contribution in [0.4, 0.5) is 0 Å². The van der Waals surface area contributed by atoms with Gasteiger partial charge in [-0.25, -0.2) is 8.42 Å². The van der Waals surface area contributed by atoms with E-state index in [0.29, 0.717) is 51.6 Å². The standard InChI is InChI=1S/C18H32N6O3S/c19-13-14-7-6-12-24(14)17(25)16(20)10-4-5-11-22-18(21)23-28(26,27)15-8-2-1-3-9-15/h14-16H,1-12,20H2,(H3,21,22,23)/t14-,16-/m0/s1. The maximum Gasteiger partial charge on any atom is 0.240 e. The first kappa shape index (κ1) is 22.4. The number of guanidine groups is 1. The number of hydrogen-bond donors (Lipinski definition) is 4. The van der Waals surface area contributed by atoms with Crippen LogP contribution >= 0.6 is 0 Å². The zero-order valence-electron chi connectivity index (χ0n) is 16.3. The van der Waals surface area contributed by atoms with Crippen LogP contribution in [-0.2, 0) is 14.8 Å². The van der Waals surface area contributed by atoms with Crippen molar-refractivity contribution < 1.29 is 13.2 Å². The van der Waals surface area contributed by atoms with E-state index in [1.54, 1.807) is 4.90 Å². The van der Waals surface area contributed by atoms with Crippen LogP contribution in [0.2, 0.25) is 0 Å². The fraction of sp³-hybridized carbons (Fsp3) is 0.833. The Labute approximate surface area is 167 Å². The van der Waals surface area contributed by atoms with Crippen molar-refractivity contribution in [2.75, 3.05) is 13.1 Å². The number of nitrogens with one attached hydrogen (secondary N) is 3. The van der Waals surface area contributed by atoms with Crippen molar-refractivity contribution in [2.24, 2.45) is 5.73 Å². The molecular formula is C18H32N6O3S. The van der Waals surface area contributed by atoms with Crippen molar-refractivity contribution in [3.63, 3.8) is 0 Å². The highest BCUT2D eigenvalue weighted by Crippen LogP contribution is 2.23. The largest absolute Gasteiger partial charge is 0.356 e. The molecule has 28 heavy (non-hydrogen) atoms. The van der Waals surface area contributed by atoms with Gasteiger partial charge in [0.15, 0.2) is 0 Å². The molecule has 10 heteroatoms. The van der Waals surface area contributed by atoms with Gasteiger partial charge in [-0.2, -0.15) is 5.26 Å². The van der Waals surface area contributed by atoms with Gasteiger partial charge in [-0.1, -0.05) is 19.3 Å². The summed E-state index contributed by atoms with van der Waals surface area (Å²) in [6, 6.07) is 1.15. The van der Waals surface area contributed by atoms with Crippen LogP contribution in [0.5, 0.6) is 0 Å². The molecule has 158 valence electrons. The molecule has 0 radical (unpaired) electrons. The number of carbonyl (C=O) groups excluding carboxylic acids is 1. The molecule has 0 aromatic carbocycles. The summed E-state index contributed by atoms with van der Waals surface area (Å²) in [5.41, 5.74) is 5.97. The van der Waals surface area contributed by atoms with E-state index in [0.717, 1.165) is 25.7 Å². The molecule has 2 aliphatic rings. The van der Waals surface area contributed by atoms with Gasteiger partial charge in [0.2, 0.25) is 21.9 Å². The predicted molar refractivity (Wildman–Crippen MR) is 107 cm³/mol. The fourth-order valence-corrected chi connectivity index (χ4v) is 5.32. The molecule has 1 amide bonds. The lowest BCUT2D eigenvalue weighted by atomic mass is 10.0. The minimum absolute atomic E-state index is 0.176. The van der Waals surface area contributed by atoms with Gasteiger partial charge in [-0.3, -0.25) is 14.9 Å². The summed E-state index contributed by atoms with van der Waals surface area (Å²) in [5.74, 6) is -0.384. The minimum atomic E-state index is -3.50. The van der Waals surface area contributed by atoms with Gasteiger partial charge in [0, 0.05) is 13.1 Å². The van der Waals surface area contributed by atoms with Crippen LogP contribution in [0, 0.1) is 16.7 Å². The first-order valence-corrected chi connectivity index (χ1v) is 11.7. The van der Waals surface area contributed by atoms with Gasteiger partial charge in [0.05, 0.1) is 17.4 Å². The van der Waals surface area contributed by atoms with E-state index < -0.39 is 21.3 Å². The number of sulfonamides is 1. The Morgan fingerprint density at radius 1 is 1.21 bits per heavy atom. The Balaban J connectivity index is 1.62. The summed E-state index contributed by atoms with van der Waals surface area (Å²) >= 11 is 0. The average Bonchev–Trinajstić information content (AvgIpc) is 3.16. The average molecular weight is 413 g/mol. The van der Waals surface area contributed by atoms with Crippen molar-refractivity contribution in [3.8, 4) is 6.07 Å². The second-order valence-electron chi connectivity index (χ2n) is 7.63. The second-order valence-corrected chi connectivity index (χ2v) is 9.59. The second kappa shape index (κ2) is 10.6. The van der Waals surface area contributed by atoms with E-state index in [2.05, 4.69) is 16.1 Å². The summed E-state index contributed by atoms with van der Waals surface area (Å²) in [6.07, 6.45) is 7.57. The first-order chi connectivity index (χ1) is 13.3. The highest BCUT2D eigenvalue weighted by molar-refractivity contribution is 7.90. The third-order valence-corrected chi connectivity index (χ3v) is 7.32. The lowest BCUT2D eigenvalue weighted by Crippen LogP contribution is -2.46. The first-order valence-electron chi connectivity index (χ1n) is 10.1. The zero-order chi connectivity index (χ0) is 20.6. The number of amides is 1. The van der Waals surface area contributed by atoms with E-state index in [9.17, 15) is 13.2 Å². The molecule has 9 nitrogen and oxygen atoms in total. The number of nitrogens with two attached hydrogens (primary N) is 1. The molecule has 1 aliphatic heterocycles. The molecule has 0 unspecified atom stereocenters. The van der Waals surface area contributed by atoms with Crippen LogP contribution in [0.25, 0.3) is 0 Å². The number of hydrogen-bond acceptors (Lipinski definition) is 6. The molecule has 1 heterocycles. The van der Waals surface area contributed by atoms with Crippen molar-refractivity contribution >= 4 is 21.9 Å². The number of nitrogens with zero attached hydrogens (tertiary/aromatic N) is 2. The van der Waals surface area contributed by atoms with E-state index in [1.807, 2.05) is 0 Å². The van der Waals surface area contributed by atoms with Crippen LogP contribution in [0.3, 0.4) is 0 Å². The van der Waals surface area contributed by atoms with Crippen molar-refractivity contribution in [2.45, 2.75) is 81.5 Å². The molecule has 2 fully saturated rings. The van der Waals surface area contributed by atoms with Gasteiger partial charge in [-0.05, 0) is 44.9 Å². The summed E-state index contributed by atoms with van der Waals surface area (Å²) in [5, 5.41) is 19.2. The third kappa shape index (κ3) is 6.34. The van der Waals surface area contributed by atoms with Gasteiger partial charge >= 0.3 is 0 Å². The highest BCUT2D eigenvalue weighted by Gasteiger charge is 2.31. The number of likely N-dealkylation sites (tertiary alicyclic amines) is 1. The summed E-state index contributed by atoms with van der Waals surface area (Å²) < 4.78 is 26.8. The molecule has 1 saturated carbocycles. The maximum atomic E-state index is 12.3. The van der Waals surface area contributed by atoms with Crippen LogP contribution in [0.15, 0.2) is 0 Å². The normalized spacial score (nSPS) is 21.7. The summed E-state index contributed by atoms with van der Waals surface area (Å²) in [4.78, 5) is 13.9. The smallest absolute Gasteiger partial charge is 0.240 e. The number of carbonyl (C=O) groups is 1. The van der Waals surface area contributed by atoms with Crippen LogP contribution in [0.1, 0.15) is 64.2 Å². The van der Waals surface area contributed by atoms with Crippen molar-refractivity contribution in [1.29, 1.82) is 10.7 Å². The van der Waals surface area contributed by atoms with Gasteiger partial charge in [-0.15, -0.1) is 0 Å². The molecule has 0 aromatic rings. The third-order valence-electron chi connectivity index (χ3n) is 5.48. The van der Waals surface area contributed by atoms with Gasteiger partial charge in [0.25, 0.3) is 0 Å². The Bertz CT molecular complexity index is 684. The summed E-state index contributed by atoms with van der Waals surface area (Å²) in [7, 11) is -3.50. The molecular weight excluding hydrogens is 380 g/mol. The Kier molecular flexibility index (Phi) is 8.51. The molecule has 5 N–H and O–H groups in total. The SMILES string of the molecule is N#C[C@@H]1CCCN1C(=O)[C@@H](N)CCCCNC(=N)NS(=O)(=O)C1CCCCC1. The molecule has 1 saturated heterocycles. The maximum absolute atomic E-state index is 12.3. The fourth-order valence-electron chi connectivity index (χ4n) is 3.84. The summed E-state index contributed by atoms with van der Waals surface area (Å²) in [6.45, 7) is 1.02. The number of rotatable bonds is 8. The molecule has 2 atom stereocenters. The highest BCUT2D eigenvalue weighted by atomic mass is 32.2. The Morgan fingerprint density at radius 3 is 2.61 bits per heavy atom. The van der Waals surface area contributed by atoms with Crippen LogP contribution in [-0.4, -0.2) is 55.6 Å². The van der Waals surface area contributed by atoms with E-state index in [4.69, 9.17) is 16.4 Å². The van der Waals surface area contributed by atoms with Crippen molar-refractivity contribution in [1.82, 2.24) is 14.9 Å². The Morgan fingerprint density at radius 2 is 1.93 bits per heavy atom. The molecule has 0 spiro atoms. The lowest BCUT2D eigenvalue weighted by Gasteiger charge is -2.23. The molecule has 1 aliphatic carbocycles. The number of unbranched alkanes of at least 4 members (excludes halogenated alkanes) is 1.